The second-order valence-corrected chi connectivity index (χ2v) is 5.91. The van der Waals surface area contributed by atoms with Crippen LogP contribution in [-0.2, 0) is 4.79 Å². The number of benzene rings is 1. The standard InChI is InChI=1S/C14H20ClFN2O2/c1-14(2,20)9-18(3)7-6-13(19)17-12-5-4-10(15)8-11(12)16/h4-5,8,20H,6-7,9H2,1-3H3,(H,17,19). The van der Waals surface area contributed by atoms with Crippen LogP contribution in [0.2, 0.25) is 5.02 Å². The van der Waals surface area contributed by atoms with E-state index in [1.807, 2.05) is 11.9 Å². The Labute approximate surface area is 123 Å². The molecule has 6 heteroatoms. The van der Waals surface area contributed by atoms with Gasteiger partial charge in [-0.2, -0.15) is 0 Å². The fourth-order valence-corrected chi connectivity index (χ4v) is 1.99. The van der Waals surface area contributed by atoms with Gasteiger partial charge in [-0.3, -0.25) is 4.79 Å². The first-order valence-electron chi connectivity index (χ1n) is 6.33. The van der Waals surface area contributed by atoms with Gasteiger partial charge in [0.25, 0.3) is 0 Å². The summed E-state index contributed by atoms with van der Waals surface area (Å²) in [5, 5.41) is 12.4. The van der Waals surface area contributed by atoms with Crippen LogP contribution in [-0.4, -0.2) is 41.7 Å². The summed E-state index contributed by atoms with van der Waals surface area (Å²) in [4.78, 5) is 13.6. The Hall–Kier alpha value is -1.17. The Morgan fingerprint density at radius 3 is 2.70 bits per heavy atom. The summed E-state index contributed by atoms with van der Waals surface area (Å²) < 4.78 is 13.5. The van der Waals surface area contributed by atoms with Crippen molar-refractivity contribution in [1.29, 1.82) is 0 Å². The van der Waals surface area contributed by atoms with Gasteiger partial charge in [0, 0.05) is 24.5 Å². The molecule has 0 heterocycles. The van der Waals surface area contributed by atoms with Gasteiger partial charge in [-0.05, 0) is 39.1 Å². The highest BCUT2D eigenvalue weighted by atomic mass is 35.5. The fraction of sp³-hybridized carbons (Fsp3) is 0.500. The SMILES string of the molecule is CN(CCC(=O)Nc1ccc(Cl)cc1F)CC(C)(C)O. The predicted octanol–water partition coefficient (Wildman–Crippen LogP) is 2.51. The molecule has 0 spiro atoms. The van der Waals surface area contributed by atoms with Crippen molar-refractivity contribution < 1.29 is 14.3 Å². The lowest BCUT2D eigenvalue weighted by Crippen LogP contribution is -2.37. The Bertz CT molecular complexity index is 475. The molecule has 4 nitrogen and oxygen atoms in total. The number of hydrogen-bond donors (Lipinski definition) is 2. The molecule has 1 rings (SSSR count). The van der Waals surface area contributed by atoms with Crippen LogP contribution in [0.4, 0.5) is 10.1 Å². The summed E-state index contributed by atoms with van der Waals surface area (Å²) in [5.41, 5.74) is -0.697. The van der Waals surface area contributed by atoms with Crippen molar-refractivity contribution in [3.8, 4) is 0 Å². The van der Waals surface area contributed by atoms with Crippen molar-refractivity contribution in [2.45, 2.75) is 25.9 Å². The van der Waals surface area contributed by atoms with Crippen molar-refractivity contribution in [3.63, 3.8) is 0 Å². The number of anilines is 1. The van der Waals surface area contributed by atoms with Gasteiger partial charge < -0.3 is 15.3 Å². The molecule has 0 aromatic heterocycles. The second kappa shape index (κ2) is 7.02. The van der Waals surface area contributed by atoms with Crippen LogP contribution in [0.15, 0.2) is 18.2 Å². The lowest BCUT2D eigenvalue weighted by Gasteiger charge is -2.25. The quantitative estimate of drug-likeness (QED) is 0.849. The van der Waals surface area contributed by atoms with Crippen LogP contribution in [0.1, 0.15) is 20.3 Å². The van der Waals surface area contributed by atoms with Crippen molar-refractivity contribution in [3.05, 3.63) is 29.0 Å². The number of hydrogen-bond acceptors (Lipinski definition) is 3. The first kappa shape index (κ1) is 16.9. The van der Waals surface area contributed by atoms with E-state index in [4.69, 9.17) is 11.6 Å². The minimum atomic E-state index is -0.812. The third kappa shape index (κ3) is 6.32. The normalized spacial score (nSPS) is 11.8. The maximum Gasteiger partial charge on any atom is 0.225 e. The summed E-state index contributed by atoms with van der Waals surface area (Å²) in [6, 6.07) is 4.09. The molecule has 1 aromatic carbocycles. The van der Waals surface area contributed by atoms with Gasteiger partial charge in [0.05, 0.1) is 11.3 Å². The highest BCUT2D eigenvalue weighted by Gasteiger charge is 2.16. The number of likely N-dealkylation sites (N-methyl/N-ethyl adjacent to an activating group) is 1. The number of nitrogens with one attached hydrogen (secondary N) is 1. The molecule has 20 heavy (non-hydrogen) atoms. The Kier molecular flexibility index (Phi) is 5.92. The maximum atomic E-state index is 13.5. The van der Waals surface area contributed by atoms with Gasteiger partial charge in [0.1, 0.15) is 5.82 Å². The molecule has 1 amide bonds. The lowest BCUT2D eigenvalue weighted by molar-refractivity contribution is -0.116. The number of carbonyl (C=O) groups excluding carboxylic acids is 1. The Balaban J connectivity index is 2.44. The molecule has 0 unspecified atom stereocenters. The predicted molar refractivity (Wildman–Crippen MR) is 78.5 cm³/mol. The van der Waals surface area contributed by atoms with Gasteiger partial charge in [-0.1, -0.05) is 11.6 Å². The molecule has 0 saturated carbocycles. The van der Waals surface area contributed by atoms with E-state index in [2.05, 4.69) is 5.32 Å². The highest BCUT2D eigenvalue weighted by molar-refractivity contribution is 6.30. The molecule has 0 aliphatic rings. The van der Waals surface area contributed by atoms with Crippen LogP contribution in [0.25, 0.3) is 0 Å². The number of aliphatic hydroxyl groups is 1. The van der Waals surface area contributed by atoms with Crippen LogP contribution in [0, 0.1) is 5.82 Å². The highest BCUT2D eigenvalue weighted by Crippen LogP contribution is 2.18. The molecule has 112 valence electrons. The Morgan fingerprint density at radius 1 is 1.50 bits per heavy atom. The first-order chi connectivity index (χ1) is 9.17. The molecule has 0 atom stereocenters. The zero-order valence-electron chi connectivity index (χ0n) is 11.9. The van der Waals surface area contributed by atoms with Gasteiger partial charge in [0.2, 0.25) is 5.91 Å². The first-order valence-corrected chi connectivity index (χ1v) is 6.71. The van der Waals surface area contributed by atoms with E-state index in [9.17, 15) is 14.3 Å². The van der Waals surface area contributed by atoms with Gasteiger partial charge in [-0.25, -0.2) is 4.39 Å². The van der Waals surface area contributed by atoms with E-state index in [0.29, 0.717) is 13.1 Å². The second-order valence-electron chi connectivity index (χ2n) is 5.47. The summed E-state index contributed by atoms with van der Waals surface area (Å²) >= 11 is 5.63. The summed E-state index contributed by atoms with van der Waals surface area (Å²) in [7, 11) is 1.81. The molecule has 0 radical (unpaired) electrons. The minimum Gasteiger partial charge on any atom is -0.389 e. The van der Waals surface area contributed by atoms with Crippen LogP contribution in [0.3, 0.4) is 0 Å². The Morgan fingerprint density at radius 2 is 2.15 bits per heavy atom. The van der Waals surface area contributed by atoms with Crippen LogP contribution < -0.4 is 5.32 Å². The third-order valence-electron chi connectivity index (χ3n) is 2.58. The zero-order chi connectivity index (χ0) is 15.3. The van der Waals surface area contributed by atoms with Crippen LogP contribution in [0.5, 0.6) is 0 Å². The van der Waals surface area contributed by atoms with Gasteiger partial charge >= 0.3 is 0 Å². The number of amides is 1. The number of rotatable bonds is 6. The average molecular weight is 303 g/mol. The fourth-order valence-electron chi connectivity index (χ4n) is 1.84. The van der Waals surface area contributed by atoms with E-state index >= 15 is 0 Å². The van der Waals surface area contributed by atoms with Crippen molar-refractivity contribution >= 4 is 23.2 Å². The topological polar surface area (TPSA) is 52.6 Å². The summed E-state index contributed by atoms with van der Waals surface area (Å²) in [6.45, 7) is 4.33. The third-order valence-corrected chi connectivity index (χ3v) is 2.82. The van der Waals surface area contributed by atoms with Gasteiger partial charge in [0.15, 0.2) is 0 Å². The molecular weight excluding hydrogens is 283 g/mol. The smallest absolute Gasteiger partial charge is 0.225 e. The number of nitrogens with zero attached hydrogens (tertiary/aromatic N) is 1. The summed E-state index contributed by atoms with van der Waals surface area (Å²) in [5.74, 6) is -0.843. The maximum absolute atomic E-state index is 13.5. The van der Waals surface area contributed by atoms with Crippen molar-refractivity contribution in [2.75, 3.05) is 25.5 Å². The summed E-state index contributed by atoms with van der Waals surface area (Å²) in [6.07, 6.45) is 0.217. The lowest BCUT2D eigenvalue weighted by atomic mass is 10.1. The molecule has 0 fully saturated rings. The van der Waals surface area contributed by atoms with E-state index in [-0.39, 0.29) is 23.0 Å². The van der Waals surface area contributed by atoms with E-state index < -0.39 is 11.4 Å². The minimum absolute atomic E-state index is 0.115. The molecule has 0 aliphatic heterocycles. The van der Waals surface area contributed by atoms with E-state index in [1.54, 1.807) is 13.8 Å². The monoisotopic (exact) mass is 302 g/mol. The molecule has 0 bridgehead atoms. The molecular formula is C14H20ClFN2O2. The van der Waals surface area contributed by atoms with Crippen molar-refractivity contribution in [2.24, 2.45) is 0 Å². The number of carbonyl (C=O) groups is 1. The van der Waals surface area contributed by atoms with Gasteiger partial charge in [-0.15, -0.1) is 0 Å². The largest absolute Gasteiger partial charge is 0.389 e. The van der Waals surface area contributed by atoms with E-state index in [1.165, 1.54) is 12.1 Å². The molecule has 0 aliphatic carbocycles. The molecule has 0 saturated heterocycles. The number of halogens is 2. The van der Waals surface area contributed by atoms with Crippen LogP contribution >= 0.6 is 11.6 Å². The molecule has 1 aromatic rings. The molecule has 2 N–H and O–H groups in total. The average Bonchev–Trinajstić information content (AvgIpc) is 2.28. The van der Waals surface area contributed by atoms with E-state index in [0.717, 1.165) is 6.07 Å². The zero-order valence-corrected chi connectivity index (χ0v) is 12.7. The van der Waals surface area contributed by atoms with Crippen molar-refractivity contribution in [1.82, 2.24) is 4.90 Å².